The molecule has 0 N–H and O–H groups in total. The molecular formula is C31H54F6Sn2. The summed E-state index contributed by atoms with van der Waals surface area (Å²) in [5.74, 6) is -4.23. The van der Waals surface area contributed by atoms with E-state index in [2.05, 4.69) is 0 Å². The number of halogens is 6. The summed E-state index contributed by atoms with van der Waals surface area (Å²) >= 11 is -8.16. The van der Waals surface area contributed by atoms with E-state index in [9.17, 15) is 13.2 Å². The number of unbranched alkanes of at least 4 members (excludes halogenated alkanes) is 6. The molecule has 0 unspecified atom stereocenters. The van der Waals surface area contributed by atoms with Gasteiger partial charge in [-0.25, -0.2) is 0 Å². The van der Waals surface area contributed by atoms with Crippen LogP contribution in [0.1, 0.15) is 124 Å². The first-order valence-electron chi connectivity index (χ1n) is 15.7. The summed E-state index contributed by atoms with van der Waals surface area (Å²) in [5.41, 5.74) is -1.58. The summed E-state index contributed by atoms with van der Waals surface area (Å²) < 4.78 is 96.6. The Bertz CT molecular complexity index is 809. The number of benzene rings is 1. The van der Waals surface area contributed by atoms with Gasteiger partial charge in [-0.1, -0.05) is 0 Å². The van der Waals surface area contributed by atoms with E-state index in [0.717, 1.165) is 57.8 Å². The predicted octanol–water partition coefficient (Wildman–Crippen LogP) is 11.2. The Hall–Kier alpha value is 0.397. The van der Waals surface area contributed by atoms with Crippen molar-refractivity contribution in [3.8, 4) is 0 Å². The summed E-state index contributed by atoms with van der Waals surface area (Å²) in [6.07, 6.45) is 4.31. The molecule has 0 nitrogen and oxygen atoms in total. The Morgan fingerprint density at radius 1 is 0.436 bits per heavy atom. The van der Waals surface area contributed by atoms with Crippen molar-refractivity contribution >= 4 is 43.9 Å². The maximum atomic E-state index is 17.3. The van der Waals surface area contributed by atoms with Crippen molar-refractivity contribution in [3.63, 3.8) is 0 Å². The van der Waals surface area contributed by atoms with E-state index in [0.29, 0.717) is 45.9 Å². The van der Waals surface area contributed by atoms with Crippen LogP contribution in [0.3, 0.4) is 0 Å². The Morgan fingerprint density at radius 2 is 0.718 bits per heavy atom. The first-order valence-corrected chi connectivity index (χ1v) is 30.7. The van der Waals surface area contributed by atoms with Gasteiger partial charge in [0.25, 0.3) is 0 Å². The molecule has 0 saturated carbocycles. The molecule has 0 heterocycles. The van der Waals surface area contributed by atoms with E-state index in [4.69, 9.17) is 0 Å². The van der Waals surface area contributed by atoms with Crippen molar-refractivity contribution in [2.45, 2.75) is 151 Å². The second-order valence-corrected chi connectivity index (χ2v) is 37.8. The second-order valence-electron chi connectivity index (χ2n) is 11.7. The third-order valence-corrected chi connectivity index (χ3v) is 39.8. The van der Waals surface area contributed by atoms with Gasteiger partial charge in [0.1, 0.15) is 0 Å². The summed E-state index contributed by atoms with van der Waals surface area (Å²) in [6.45, 7) is 12.1. The zero-order chi connectivity index (χ0) is 29.7. The SMILES string of the molecule is CCC[CH2][Sn]([CH2]CCC)([CH2]CCC)[c]1c(F)c(F)c(C(F)(F)F)[c]([Sn]([CH2]CCC)([CH2]CCC)[CH2]CCC)c1F. The van der Waals surface area contributed by atoms with E-state index < -0.39 is 65.9 Å². The van der Waals surface area contributed by atoms with Crippen molar-refractivity contribution in [1.82, 2.24) is 0 Å². The Labute approximate surface area is 243 Å². The standard InChI is InChI=1S/C7F6.6C4H9.2Sn/c8-3-1-4(7(11,12)13)6(10)5(9)2-3;6*1-3-4-2;;/h;6*1,3-4H2,2H3;;. The van der Waals surface area contributed by atoms with Crippen LogP contribution in [-0.4, -0.2) is 36.8 Å². The molecular weight excluding hydrogens is 724 g/mol. The average Bonchev–Trinajstić information content (AvgIpc) is 2.90. The average molecular weight is 778 g/mol. The summed E-state index contributed by atoms with van der Waals surface area (Å²) in [5, 5.41) is 0. The molecule has 0 spiro atoms. The van der Waals surface area contributed by atoms with Gasteiger partial charge in [-0.15, -0.1) is 0 Å². The van der Waals surface area contributed by atoms with Gasteiger partial charge in [0.2, 0.25) is 0 Å². The van der Waals surface area contributed by atoms with Crippen LogP contribution in [0.5, 0.6) is 0 Å². The van der Waals surface area contributed by atoms with Crippen LogP contribution in [0.25, 0.3) is 0 Å². The number of hydrogen-bond donors (Lipinski definition) is 0. The van der Waals surface area contributed by atoms with Gasteiger partial charge in [0.05, 0.1) is 0 Å². The van der Waals surface area contributed by atoms with Gasteiger partial charge in [0, 0.05) is 0 Å². The maximum absolute atomic E-state index is 17.3. The van der Waals surface area contributed by atoms with E-state index in [1.54, 1.807) is 0 Å². The number of alkyl halides is 3. The van der Waals surface area contributed by atoms with Gasteiger partial charge in [-0.2, -0.15) is 0 Å². The second kappa shape index (κ2) is 18.1. The molecule has 0 radical (unpaired) electrons. The Morgan fingerprint density at radius 3 is 0.974 bits per heavy atom. The van der Waals surface area contributed by atoms with Crippen LogP contribution in [0.4, 0.5) is 26.3 Å². The molecule has 39 heavy (non-hydrogen) atoms. The monoisotopic (exact) mass is 780 g/mol. The molecule has 0 aliphatic rings. The van der Waals surface area contributed by atoms with E-state index in [1.807, 2.05) is 41.5 Å². The quantitative estimate of drug-likeness (QED) is 0.0703. The molecule has 0 aliphatic heterocycles. The van der Waals surface area contributed by atoms with Gasteiger partial charge >= 0.3 is 245 Å². The molecule has 1 aromatic rings. The van der Waals surface area contributed by atoms with Gasteiger partial charge < -0.3 is 0 Å². The first kappa shape index (κ1) is 37.4. The molecule has 0 aromatic heterocycles. The van der Waals surface area contributed by atoms with Crippen molar-refractivity contribution in [2.75, 3.05) is 0 Å². The fraction of sp³-hybridized carbons (Fsp3) is 0.806. The molecule has 0 amide bonds. The molecule has 8 heteroatoms. The molecule has 0 aliphatic carbocycles. The summed E-state index contributed by atoms with van der Waals surface area (Å²) in [7, 11) is 0. The van der Waals surface area contributed by atoms with Crippen molar-refractivity contribution in [2.24, 2.45) is 0 Å². The normalized spacial score (nSPS) is 12.9. The molecule has 228 valence electrons. The minimum atomic E-state index is -5.12. The third-order valence-electron chi connectivity index (χ3n) is 8.72. The van der Waals surface area contributed by atoms with Crippen molar-refractivity contribution in [1.29, 1.82) is 0 Å². The topological polar surface area (TPSA) is 0 Å². The van der Waals surface area contributed by atoms with Crippen LogP contribution < -0.4 is 7.16 Å². The van der Waals surface area contributed by atoms with Crippen LogP contribution in [0.2, 0.25) is 26.6 Å². The van der Waals surface area contributed by atoms with E-state index in [1.165, 1.54) is 0 Å². The van der Waals surface area contributed by atoms with Crippen molar-refractivity contribution in [3.05, 3.63) is 23.0 Å². The van der Waals surface area contributed by atoms with Gasteiger partial charge in [-0.3, -0.25) is 0 Å². The summed E-state index contributed by atoms with van der Waals surface area (Å²) in [6, 6.07) is 0. The number of rotatable bonds is 20. The van der Waals surface area contributed by atoms with Gasteiger partial charge in [0.15, 0.2) is 0 Å². The number of hydrogen-bond acceptors (Lipinski definition) is 0. The fourth-order valence-electron chi connectivity index (χ4n) is 6.48. The molecule has 0 bridgehead atoms. The predicted molar refractivity (Wildman–Crippen MR) is 160 cm³/mol. The van der Waals surface area contributed by atoms with Crippen LogP contribution in [-0.2, 0) is 6.18 Å². The molecule has 0 saturated heterocycles. The minimum absolute atomic E-state index is 0.147. The zero-order valence-corrected chi connectivity index (χ0v) is 31.2. The Kier molecular flexibility index (Phi) is 17.4. The van der Waals surface area contributed by atoms with Gasteiger partial charge in [-0.05, 0) is 0 Å². The zero-order valence-electron chi connectivity index (χ0n) is 25.5. The Balaban J connectivity index is 4.33. The van der Waals surface area contributed by atoms with Crippen LogP contribution in [0.15, 0.2) is 0 Å². The van der Waals surface area contributed by atoms with Crippen LogP contribution in [0, 0.1) is 17.5 Å². The molecule has 0 atom stereocenters. The van der Waals surface area contributed by atoms with Crippen LogP contribution >= 0.6 is 0 Å². The molecule has 1 rings (SSSR count). The van der Waals surface area contributed by atoms with E-state index >= 15 is 13.2 Å². The third kappa shape index (κ3) is 9.71. The fourth-order valence-corrected chi connectivity index (χ4v) is 41.0. The van der Waals surface area contributed by atoms with Crippen molar-refractivity contribution < 1.29 is 26.3 Å². The summed E-state index contributed by atoms with van der Waals surface area (Å²) in [4.78, 5) is 0. The molecule has 0 fully saturated rings. The first-order chi connectivity index (χ1) is 18.5. The molecule has 1 aromatic carbocycles. The van der Waals surface area contributed by atoms with E-state index in [-0.39, 0.29) is 7.16 Å².